The van der Waals surface area contributed by atoms with Crippen molar-refractivity contribution >= 4 is 41.8 Å². The molecular weight excluding hydrogens is 510 g/mol. The van der Waals surface area contributed by atoms with Crippen molar-refractivity contribution in [3.05, 3.63) is 88.2 Å². The number of sulfone groups is 1. The highest BCUT2D eigenvalue weighted by molar-refractivity contribution is 7.95. The number of aryl methyl sites for hydroxylation is 1. The molecule has 2 atom stereocenters. The maximum atomic E-state index is 14.0. The Morgan fingerprint density at radius 1 is 1.19 bits per heavy atom. The molecule has 2 aromatic carbocycles. The minimum absolute atomic E-state index is 0.0230. The first kappa shape index (κ1) is 25.0. The van der Waals surface area contributed by atoms with Crippen LogP contribution in [0.3, 0.4) is 0 Å². The minimum Gasteiger partial charge on any atom is -0.340 e. The van der Waals surface area contributed by atoms with Gasteiger partial charge < -0.3 is 10.7 Å². The van der Waals surface area contributed by atoms with Crippen LogP contribution in [0.4, 0.5) is 0 Å². The van der Waals surface area contributed by atoms with Gasteiger partial charge in [0.15, 0.2) is 9.84 Å². The molecule has 2 unspecified atom stereocenters. The molecule has 4 aromatic rings. The van der Waals surface area contributed by atoms with Crippen molar-refractivity contribution in [1.82, 2.24) is 13.9 Å². The number of nitriles is 1. The molecule has 0 amide bonds. The zero-order valence-electron chi connectivity index (χ0n) is 20.4. The van der Waals surface area contributed by atoms with Crippen molar-refractivity contribution in [2.75, 3.05) is 6.26 Å². The number of nitrogens with one attached hydrogen (secondary N) is 1. The molecule has 5 rings (SSSR count). The van der Waals surface area contributed by atoms with Gasteiger partial charge in [0.05, 0.1) is 39.1 Å². The first-order chi connectivity index (χ1) is 17.4. The van der Waals surface area contributed by atoms with Crippen molar-refractivity contribution in [2.24, 2.45) is 5.73 Å². The summed E-state index contributed by atoms with van der Waals surface area (Å²) < 4.78 is 52.0. The van der Waals surface area contributed by atoms with Crippen LogP contribution in [0.2, 0.25) is 0 Å². The van der Waals surface area contributed by atoms with Gasteiger partial charge in [-0.1, -0.05) is 18.2 Å². The van der Waals surface area contributed by atoms with Gasteiger partial charge in [0.1, 0.15) is 10.6 Å². The molecule has 1 aliphatic carbocycles. The predicted octanol–water partition coefficient (Wildman–Crippen LogP) is 3.57. The van der Waals surface area contributed by atoms with Gasteiger partial charge in [-0.2, -0.15) is 5.26 Å². The molecule has 2 aromatic heterocycles. The van der Waals surface area contributed by atoms with Gasteiger partial charge in [-0.15, -0.1) is 0 Å². The molecule has 190 valence electrons. The number of hydrogen-bond donors (Lipinski definition) is 2. The molecule has 11 heteroatoms. The van der Waals surface area contributed by atoms with Gasteiger partial charge in [0.25, 0.3) is 0 Å². The number of allylic oxidation sites excluding steroid dienone is 2. The van der Waals surface area contributed by atoms with Crippen LogP contribution in [0, 0.1) is 18.3 Å². The second kappa shape index (κ2) is 8.41. The van der Waals surface area contributed by atoms with E-state index in [1.54, 1.807) is 36.4 Å². The summed E-state index contributed by atoms with van der Waals surface area (Å²) in [5.74, 6) is 0.482. The molecule has 9 nitrogen and oxygen atoms in total. The fourth-order valence-electron chi connectivity index (χ4n) is 4.73. The highest BCUT2D eigenvalue weighted by Crippen LogP contribution is 2.37. The smallest absolute Gasteiger partial charge is 0.248 e. The maximum absolute atomic E-state index is 14.0. The summed E-state index contributed by atoms with van der Waals surface area (Å²) in [6.45, 7) is 3.34. The zero-order chi connectivity index (χ0) is 26.8. The third kappa shape index (κ3) is 3.98. The van der Waals surface area contributed by atoms with Crippen LogP contribution in [0.5, 0.6) is 0 Å². The number of nitrogens with two attached hydrogens (primary N) is 1. The Labute approximate surface area is 214 Å². The first-order valence-corrected chi connectivity index (χ1v) is 14.8. The Morgan fingerprint density at radius 2 is 1.95 bits per heavy atom. The molecule has 37 heavy (non-hydrogen) atoms. The Balaban J connectivity index is 1.63. The molecular formula is C26H25N5O4S2. The summed E-state index contributed by atoms with van der Waals surface area (Å²) in [6, 6.07) is 11.9. The van der Waals surface area contributed by atoms with Crippen LogP contribution >= 0.6 is 0 Å². The van der Waals surface area contributed by atoms with E-state index in [9.17, 15) is 22.1 Å². The third-order valence-electron chi connectivity index (χ3n) is 6.84. The lowest BCUT2D eigenvalue weighted by Crippen LogP contribution is -2.39. The highest BCUT2D eigenvalue weighted by Gasteiger charge is 2.41. The van der Waals surface area contributed by atoms with E-state index in [0.29, 0.717) is 38.9 Å². The van der Waals surface area contributed by atoms with Crippen molar-refractivity contribution in [3.8, 4) is 6.07 Å². The van der Waals surface area contributed by atoms with Gasteiger partial charge in [-0.3, -0.25) is 0 Å². The number of imidazole rings is 1. The van der Waals surface area contributed by atoms with Gasteiger partial charge in [0, 0.05) is 17.8 Å². The number of aromatic nitrogens is 3. The van der Waals surface area contributed by atoms with E-state index in [0.717, 1.165) is 11.8 Å². The van der Waals surface area contributed by atoms with Gasteiger partial charge in [-0.25, -0.2) is 25.8 Å². The fraction of sp³-hybridized carbons (Fsp3) is 0.231. The zero-order valence-corrected chi connectivity index (χ0v) is 22.1. The summed E-state index contributed by atoms with van der Waals surface area (Å²) in [7, 11) is -7.65. The minimum atomic E-state index is -4.07. The highest BCUT2D eigenvalue weighted by atomic mass is 32.2. The lowest BCUT2D eigenvalue weighted by atomic mass is 10.0. The van der Waals surface area contributed by atoms with E-state index in [1.807, 2.05) is 13.0 Å². The molecule has 0 bridgehead atoms. The van der Waals surface area contributed by atoms with E-state index < -0.39 is 30.6 Å². The third-order valence-corrected chi connectivity index (χ3v) is 10.2. The van der Waals surface area contributed by atoms with E-state index in [1.165, 1.54) is 29.2 Å². The van der Waals surface area contributed by atoms with Crippen molar-refractivity contribution in [1.29, 1.82) is 5.26 Å². The molecule has 0 saturated heterocycles. The van der Waals surface area contributed by atoms with E-state index in [4.69, 9.17) is 5.73 Å². The molecule has 0 spiro atoms. The van der Waals surface area contributed by atoms with Crippen molar-refractivity contribution in [2.45, 2.75) is 31.1 Å². The number of nitrogens with zero attached hydrogens (tertiary/aromatic N) is 3. The number of H-pyrrole nitrogens is 1. The molecule has 3 N–H and O–H groups in total. The summed E-state index contributed by atoms with van der Waals surface area (Å²) >= 11 is 0. The topological polar surface area (TPSA) is 152 Å². The molecule has 0 aliphatic heterocycles. The average molecular weight is 536 g/mol. The quantitative estimate of drug-likeness (QED) is 0.396. The Bertz CT molecular complexity index is 1910. The molecule has 0 saturated carbocycles. The second-order valence-electron chi connectivity index (χ2n) is 9.53. The lowest BCUT2D eigenvalue weighted by molar-refractivity contribution is 0.554. The number of fused-ring (bicyclic) bond motifs is 2. The van der Waals surface area contributed by atoms with Crippen LogP contribution in [0.1, 0.15) is 41.9 Å². The van der Waals surface area contributed by atoms with E-state index >= 15 is 0 Å². The largest absolute Gasteiger partial charge is 0.340 e. The standard InChI is InChI=1S/C26H25N5O4S2/c1-16-6-8-19(23(28)25-29-21-9-7-17(15-27)13-22(21)30-25)20-10-12-31(24(16)20)37(34,35)26(2)11-4-5-18(14-26)36(3,32)33/h4-10,12-14,23H,11,28H2,1-3H3,(H,29,30). The van der Waals surface area contributed by atoms with Crippen molar-refractivity contribution < 1.29 is 16.8 Å². The van der Waals surface area contributed by atoms with Gasteiger partial charge >= 0.3 is 0 Å². The van der Waals surface area contributed by atoms with Crippen LogP contribution < -0.4 is 5.73 Å². The average Bonchev–Trinajstić information content (AvgIpc) is 3.48. The monoisotopic (exact) mass is 535 g/mol. The Hall–Kier alpha value is -3.72. The van der Waals surface area contributed by atoms with Crippen LogP contribution in [-0.2, 0) is 19.9 Å². The number of aromatic amines is 1. The van der Waals surface area contributed by atoms with Crippen LogP contribution in [-0.4, -0.2) is 41.8 Å². The summed E-state index contributed by atoms with van der Waals surface area (Å²) in [5.41, 5.74) is 10.3. The number of hydrogen-bond acceptors (Lipinski definition) is 7. The number of benzene rings is 2. The fourth-order valence-corrected chi connectivity index (χ4v) is 7.36. The molecule has 0 radical (unpaired) electrons. The molecule has 1 aliphatic rings. The lowest BCUT2D eigenvalue weighted by Gasteiger charge is -2.29. The van der Waals surface area contributed by atoms with Crippen LogP contribution in [0.15, 0.2) is 65.7 Å². The maximum Gasteiger partial charge on any atom is 0.248 e. The first-order valence-electron chi connectivity index (χ1n) is 11.5. The molecule has 2 heterocycles. The summed E-state index contributed by atoms with van der Waals surface area (Å²) in [6.07, 6.45) is 7.01. The molecule has 0 fully saturated rings. The summed E-state index contributed by atoms with van der Waals surface area (Å²) in [4.78, 5) is 7.73. The normalized spacial score (nSPS) is 19.2. The Morgan fingerprint density at radius 3 is 2.65 bits per heavy atom. The SMILES string of the molecule is Cc1ccc(C(N)c2nc3ccc(C#N)cc3[nH]2)c2ccn(S(=O)(=O)C3(C)C=C(S(C)(=O)=O)C=CC3)c12. The predicted molar refractivity (Wildman–Crippen MR) is 143 cm³/mol. The van der Waals surface area contributed by atoms with Crippen molar-refractivity contribution in [3.63, 3.8) is 0 Å². The Kier molecular flexibility index (Phi) is 5.67. The van der Waals surface area contributed by atoms with Gasteiger partial charge in [-0.05, 0) is 67.8 Å². The number of rotatable bonds is 5. The van der Waals surface area contributed by atoms with E-state index in [2.05, 4.69) is 16.0 Å². The van der Waals surface area contributed by atoms with Crippen LogP contribution in [0.25, 0.3) is 21.9 Å². The van der Waals surface area contributed by atoms with Gasteiger partial charge in [0.2, 0.25) is 10.0 Å². The summed E-state index contributed by atoms with van der Waals surface area (Å²) in [5, 5.41) is 9.82. The second-order valence-corrected chi connectivity index (χ2v) is 13.8. The van der Waals surface area contributed by atoms with E-state index in [-0.39, 0.29) is 11.3 Å².